The van der Waals surface area contributed by atoms with Crippen molar-refractivity contribution in [2.45, 2.75) is 45.2 Å². The third-order valence-corrected chi connectivity index (χ3v) is 3.90. The molecule has 3 nitrogen and oxygen atoms in total. The normalized spacial score (nSPS) is 13.4. The summed E-state index contributed by atoms with van der Waals surface area (Å²) < 4.78 is 2.06. The molecule has 0 amide bonds. The maximum atomic E-state index is 4.34. The van der Waals surface area contributed by atoms with Crippen molar-refractivity contribution in [3.8, 4) is 0 Å². The molecule has 0 aliphatic carbocycles. The Morgan fingerprint density at radius 3 is 2.55 bits per heavy atom. The van der Waals surface area contributed by atoms with Crippen molar-refractivity contribution in [1.29, 1.82) is 0 Å². The molecule has 1 heterocycles. The van der Waals surface area contributed by atoms with Crippen molar-refractivity contribution < 1.29 is 0 Å². The molecule has 3 heteroatoms. The molecular formula is C17H25N3. The van der Waals surface area contributed by atoms with Gasteiger partial charge in [0.25, 0.3) is 0 Å². The van der Waals surface area contributed by atoms with Crippen LogP contribution in [0.1, 0.15) is 38.6 Å². The molecular weight excluding hydrogens is 246 g/mol. The van der Waals surface area contributed by atoms with Gasteiger partial charge in [-0.1, -0.05) is 44.2 Å². The van der Waals surface area contributed by atoms with Gasteiger partial charge in [0.2, 0.25) is 0 Å². The van der Waals surface area contributed by atoms with Crippen LogP contribution in [0.25, 0.3) is 0 Å². The number of hydrogen-bond acceptors (Lipinski definition) is 2. The van der Waals surface area contributed by atoms with Crippen LogP contribution in [0.2, 0.25) is 0 Å². The van der Waals surface area contributed by atoms with Crippen LogP contribution >= 0.6 is 0 Å². The number of rotatable bonds is 6. The molecule has 108 valence electrons. The predicted octanol–water partition coefficient (Wildman–Crippen LogP) is 3.27. The van der Waals surface area contributed by atoms with Crippen molar-refractivity contribution in [3.63, 3.8) is 0 Å². The standard InChI is InChI=1S/C17H25N3/c1-14(19-13-16-18-10-11-20(16)4)12-17(2,3)15-8-6-5-7-9-15/h5-11,14,19H,12-13H2,1-4H3. The van der Waals surface area contributed by atoms with E-state index < -0.39 is 0 Å². The van der Waals surface area contributed by atoms with Crippen molar-refractivity contribution in [2.75, 3.05) is 0 Å². The number of aryl methyl sites for hydroxylation is 1. The summed E-state index contributed by atoms with van der Waals surface area (Å²) in [4.78, 5) is 4.34. The van der Waals surface area contributed by atoms with E-state index in [2.05, 4.69) is 66.0 Å². The first-order valence-electron chi connectivity index (χ1n) is 7.24. The van der Waals surface area contributed by atoms with Gasteiger partial charge < -0.3 is 9.88 Å². The zero-order chi connectivity index (χ0) is 14.6. The van der Waals surface area contributed by atoms with E-state index in [-0.39, 0.29) is 5.41 Å². The molecule has 1 aromatic carbocycles. The van der Waals surface area contributed by atoms with E-state index in [1.54, 1.807) is 0 Å². The van der Waals surface area contributed by atoms with Gasteiger partial charge in [0, 0.05) is 25.5 Å². The van der Waals surface area contributed by atoms with Gasteiger partial charge in [-0.3, -0.25) is 0 Å². The Kier molecular flexibility index (Phi) is 4.61. The Morgan fingerprint density at radius 2 is 1.95 bits per heavy atom. The summed E-state index contributed by atoms with van der Waals surface area (Å²) in [5, 5.41) is 3.57. The first kappa shape index (κ1) is 14.8. The first-order chi connectivity index (χ1) is 9.49. The summed E-state index contributed by atoms with van der Waals surface area (Å²) in [5.74, 6) is 1.08. The Bertz CT molecular complexity index is 528. The van der Waals surface area contributed by atoms with Gasteiger partial charge >= 0.3 is 0 Å². The lowest BCUT2D eigenvalue weighted by Gasteiger charge is -2.29. The number of nitrogens with zero attached hydrogens (tertiary/aromatic N) is 2. The molecule has 1 atom stereocenters. The minimum atomic E-state index is 0.176. The molecule has 1 N–H and O–H groups in total. The molecule has 0 fully saturated rings. The van der Waals surface area contributed by atoms with Gasteiger partial charge in [0.15, 0.2) is 0 Å². The highest BCUT2D eigenvalue weighted by molar-refractivity contribution is 5.23. The number of nitrogens with one attached hydrogen (secondary N) is 1. The Balaban J connectivity index is 1.91. The van der Waals surface area contributed by atoms with Crippen LogP contribution < -0.4 is 5.32 Å². The first-order valence-corrected chi connectivity index (χ1v) is 7.24. The third kappa shape index (κ3) is 3.70. The fourth-order valence-corrected chi connectivity index (χ4v) is 2.68. The van der Waals surface area contributed by atoms with Crippen LogP contribution in [0.4, 0.5) is 0 Å². The van der Waals surface area contributed by atoms with Crippen LogP contribution in [-0.2, 0) is 19.0 Å². The van der Waals surface area contributed by atoms with E-state index in [1.807, 2.05) is 19.4 Å². The second-order valence-corrected chi connectivity index (χ2v) is 6.19. The van der Waals surface area contributed by atoms with Crippen LogP contribution in [0, 0.1) is 0 Å². The molecule has 2 aromatic rings. The average molecular weight is 271 g/mol. The van der Waals surface area contributed by atoms with Gasteiger partial charge in [-0.25, -0.2) is 4.98 Å². The van der Waals surface area contributed by atoms with Gasteiger partial charge in [-0.2, -0.15) is 0 Å². The fourth-order valence-electron chi connectivity index (χ4n) is 2.68. The van der Waals surface area contributed by atoms with Crippen LogP contribution in [-0.4, -0.2) is 15.6 Å². The van der Waals surface area contributed by atoms with Gasteiger partial charge in [0.05, 0.1) is 6.54 Å². The SMILES string of the molecule is CC(CC(C)(C)c1ccccc1)NCc1nccn1C. The van der Waals surface area contributed by atoms with Crippen LogP contribution in [0.5, 0.6) is 0 Å². The molecule has 0 aliphatic heterocycles. The Labute approximate surface area is 122 Å². The number of imidazole rings is 1. The molecule has 0 bridgehead atoms. The van der Waals surface area contributed by atoms with Crippen LogP contribution in [0.3, 0.4) is 0 Å². The predicted molar refractivity (Wildman–Crippen MR) is 83.6 cm³/mol. The zero-order valence-electron chi connectivity index (χ0n) is 12.9. The van der Waals surface area contributed by atoms with Crippen molar-refractivity contribution in [2.24, 2.45) is 7.05 Å². The lowest BCUT2D eigenvalue weighted by molar-refractivity contribution is 0.384. The lowest BCUT2D eigenvalue weighted by atomic mass is 9.79. The summed E-state index contributed by atoms with van der Waals surface area (Å²) in [7, 11) is 2.03. The molecule has 0 spiro atoms. The average Bonchev–Trinajstić information content (AvgIpc) is 2.82. The lowest BCUT2D eigenvalue weighted by Crippen LogP contribution is -2.33. The highest BCUT2D eigenvalue weighted by Gasteiger charge is 2.23. The van der Waals surface area contributed by atoms with Gasteiger partial charge in [-0.05, 0) is 24.3 Å². The Morgan fingerprint density at radius 1 is 1.25 bits per heavy atom. The molecule has 20 heavy (non-hydrogen) atoms. The summed E-state index contributed by atoms with van der Waals surface area (Å²) in [5.41, 5.74) is 1.57. The molecule has 1 unspecified atom stereocenters. The zero-order valence-corrected chi connectivity index (χ0v) is 12.9. The largest absolute Gasteiger partial charge is 0.337 e. The van der Waals surface area contributed by atoms with E-state index in [0.29, 0.717) is 6.04 Å². The smallest absolute Gasteiger partial charge is 0.122 e. The van der Waals surface area contributed by atoms with Crippen molar-refractivity contribution in [1.82, 2.24) is 14.9 Å². The fraction of sp³-hybridized carbons (Fsp3) is 0.471. The second-order valence-electron chi connectivity index (χ2n) is 6.19. The topological polar surface area (TPSA) is 29.9 Å². The van der Waals surface area contributed by atoms with E-state index >= 15 is 0 Å². The van der Waals surface area contributed by atoms with Gasteiger partial charge in [-0.15, -0.1) is 0 Å². The molecule has 0 saturated carbocycles. The van der Waals surface area contributed by atoms with E-state index in [9.17, 15) is 0 Å². The van der Waals surface area contributed by atoms with Crippen molar-refractivity contribution >= 4 is 0 Å². The summed E-state index contributed by atoms with van der Waals surface area (Å²) in [6.45, 7) is 7.67. The minimum Gasteiger partial charge on any atom is -0.337 e. The maximum absolute atomic E-state index is 4.34. The number of hydrogen-bond donors (Lipinski definition) is 1. The molecule has 0 saturated heterocycles. The Hall–Kier alpha value is -1.61. The quantitative estimate of drug-likeness (QED) is 0.874. The second kappa shape index (κ2) is 6.23. The molecule has 1 aromatic heterocycles. The van der Waals surface area contributed by atoms with E-state index in [0.717, 1.165) is 18.8 Å². The summed E-state index contributed by atoms with van der Waals surface area (Å²) in [6.07, 6.45) is 4.92. The number of benzene rings is 1. The van der Waals surface area contributed by atoms with Gasteiger partial charge in [0.1, 0.15) is 5.82 Å². The van der Waals surface area contributed by atoms with Crippen molar-refractivity contribution in [3.05, 3.63) is 54.1 Å². The summed E-state index contributed by atoms with van der Waals surface area (Å²) in [6, 6.07) is 11.2. The molecule has 0 aliphatic rings. The number of aromatic nitrogens is 2. The monoisotopic (exact) mass is 271 g/mol. The minimum absolute atomic E-state index is 0.176. The molecule has 2 rings (SSSR count). The van der Waals surface area contributed by atoms with E-state index in [1.165, 1.54) is 5.56 Å². The highest BCUT2D eigenvalue weighted by Crippen LogP contribution is 2.28. The third-order valence-electron chi connectivity index (χ3n) is 3.90. The van der Waals surface area contributed by atoms with E-state index in [4.69, 9.17) is 0 Å². The highest BCUT2D eigenvalue weighted by atomic mass is 15.1. The molecule has 0 radical (unpaired) electrons. The summed E-state index contributed by atoms with van der Waals surface area (Å²) >= 11 is 0. The van der Waals surface area contributed by atoms with Crippen LogP contribution in [0.15, 0.2) is 42.7 Å². The maximum Gasteiger partial charge on any atom is 0.122 e.